The monoisotopic (exact) mass is 252 g/mol. The molecule has 2 aromatic carbocycles. The lowest BCUT2D eigenvalue weighted by molar-refractivity contribution is 0.208. The van der Waals surface area contributed by atoms with Gasteiger partial charge < -0.3 is 5.11 Å². The lowest BCUT2D eigenvalue weighted by atomic mass is 9.98. The quantitative estimate of drug-likeness (QED) is 0.867. The van der Waals surface area contributed by atoms with Crippen molar-refractivity contribution in [2.24, 2.45) is 0 Å². The van der Waals surface area contributed by atoms with Crippen molar-refractivity contribution < 1.29 is 18.3 Å². The van der Waals surface area contributed by atoms with Crippen LogP contribution in [0.2, 0.25) is 0 Å². The van der Waals surface area contributed by atoms with Crippen molar-refractivity contribution >= 4 is 0 Å². The molecule has 0 fully saturated rings. The van der Waals surface area contributed by atoms with Gasteiger partial charge in [0.2, 0.25) is 0 Å². The van der Waals surface area contributed by atoms with E-state index in [1.165, 1.54) is 31.2 Å². The Labute approximate surface area is 103 Å². The van der Waals surface area contributed by atoms with E-state index in [4.69, 9.17) is 0 Å². The van der Waals surface area contributed by atoms with Gasteiger partial charge in [0, 0.05) is 0 Å². The zero-order chi connectivity index (χ0) is 13.3. The highest BCUT2D eigenvalue weighted by atomic mass is 19.1. The molecule has 1 nitrogen and oxygen atoms in total. The molecule has 94 valence electrons. The lowest BCUT2D eigenvalue weighted by Gasteiger charge is -2.14. The molecule has 1 unspecified atom stereocenters. The van der Waals surface area contributed by atoms with E-state index in [9.17, 15) is 18.3 Å². The van der Waals surface area contributed by atoms with Gasteiger partial charge in [-0.1, -0.05) is 18.2 Å². The van der Waals surface area contributed by atoms with Crippen LogP contribution in [-0.2, 0) is 0 Å². The van der Waals surface area contributed by atoms with E-state index >= 15 is 0 Å². The summed E-state index contributed by atoms with van der Waals surface area (Å²) in [7, 11) is 0. The Kier molecular flexibility index (Phi) is 3.39. The van der Waals surface area contributed by atoms with E-state index in [0.29, 0.717) is 0 Å². The topological polar surface area (TPSA) is 20.2 Å². The van der Waals surface area contributed by atoms with Crippen LogP contribution >= 0.6 is 0 Å². The minimum absolute atomic E-state index is 0.110. The van der Waals surface area contributed by atoms with E-state index in [1.54, 1.807) is 0 Å². The number of benzene rings is 2. The van der Waals surface area contributed by atoms with Crippen LogP contribution in [0.5, 0.6) is 0 Å². The van der Waals surface area contributed by atoms with Crippen molar-refractivity contribution in [1.82, 2.24) is 0 Å². The summed E-state index contributed by atoms with van der Waals surface area (Å²) in [4.78, 5) is 0. The van der Waals surface area contributed by atoms with Crippen molar-refractivity contribution in [3.05, 3.63) is 70.5 Å². The first-order valence-corrected chi connectivity index (χ1v) is 5.38. The summed E-state index contributed by atoms with van der Waals surface area (Å²) >= 11 is 0. The number of hydrogen-bond donors (Lipinski definition) is 1. The second-order valence-electron chi connectivity index (χ2n) is 4.05. The fourth-order valence-corrected chi connectivity index (χ4v) is 1.77. The summed E-state index contributed by atoms with van der Waals surface area (Å²) in [5.74, 6) is -2.23. The smallest absolute Gasteiger partial charge is 0.135 e. The molecule has 0 saturated carbocycles. The van der Waals surface area contributed by atoms with Crippen LogP contribution in [0.4, 0.5) is 13.2 Å². The molecule has 18 heavy (non-hydrogen) atoms. The fourth-order valence-electron chi connectivity index (χ4n) is 1.77. The molecule has 4 heteroatoms. The third-order valence-electron chi connectivity index (χ3n) is 2.76. The molecule has 0 aliphatic heterocycles. The van der Waals surface area contributed by atoms with Crippen molar-refractivity contribution in [1.29, 1.82) is 0 Å². The predicted octanol–water partition coefficient (Wildman–Crippen LogP) is 3.49. The Morgan fingerprint density at radius 2 is 1.78 bits per heavy atom. The molecular weight excluding hydrogens is 241 g/mol. The van der Waals surface area contributed by atoms with Gasteiger partial charge in [-0.3, -0.25) is 0 Å². The lowest BCUT2D eigenvalue weighted by Crippen LogP contribution is -2.07. The minimum Gasteiger partial charge on any atom is -0.383 e. The minimum atomic E-state index is -1.53. The molecule has 1 atom stereocenters. The van der Waals surface area contributed by atoms with Crippen molar-refractivity contribution in [2.75, 3.05) is 0 Å². The summed E-state index contributed by atoms with van der Waals surface area (Å²) < 4.78 is 40.4. The second kappa shape index (κ2) is 4.82. The largest absolute Gasteiger partial charge is 0.383 e. The molecule has 0 heterocycles. The number of rotatable bonds is 2. The van der Waals surface area contributed by atoms with Crippen molar-refractivity contribution in [3.63, 3.8) is 0 Å². The maximum absolute atomic E-state index is 13.8. The summed E-state index contributed by atoms with van der Waals surface area (Å²) in [6.45, 7) is 1.47. The molecule has 0 aliphatic rings. The van der Waals surface area contributed by atoms with Gasteiger partial charge in [0.15, 0.2) is 0 Å². The number of halogens is 3. The molecule has 0 saturated heterocycles. The number of aryl methyl sites for hydroxylation is 1. The van der Waals surface area contributed by atoms with Gasteiger partial charge in [-0.05, 0) is 36.2 Å². The summed E-state index contributed by atoms with van der Waals surface area (Å²) in [6, 6.07) is 7.39. The zero-order valence-electron chi connectivity index (χ0n) is 9.62. The molecule has 1 N–H and O–H groups in total. The molecule has 0 radical (unpaired) electrons. The molecule has 0 bridgehead atoms. The van der Waals surface area contributed by atoms with E-state index in [0.717, 1.165) is 12.1 Å². The van der Waals surface area contributed by atoms with Gasteiger partial charge in [-0.25, -0.2) is 13.2 Å². The van der Waals surface area contributed by atoms with E-state index in [1.807, 2.05) is 0 Å². The third-order valence-corrected chi connectivity index (χ3v) is 2.76. The molecule has 2 rings (SSSR count). The van der Waals surface area contributed by atoms with Crippen LogP contribution in [0.15, 0.2) is 36.4 Å². The zero-order valence-corrected chi connectivity index (χ0v) is 9.62. The van der Waals surface area contributed by atoms with Crippen LogP contribution < -0.4 is 0 Å². The van der Waals surface area contributed by atoms with E-state index in [2.05, 4.69) is 0 Å². The van der Waals surface area contributed by atoms with Gasteiger partial charge in [0.1, 0.15) is 23.6 Å². The first-order valence-electron chi connectivity index (χ1n) is 5.38. The van der Waals surface area contributed by atoms with Gasteiger partial charge in [0.25, 0.3) is 0 Å². The first kappa shape index (κ1) is 12.6. The molecule has 0 aromatic heterocycles. The van der Waals surface area contributed by atoms with Gasteiger partial charge in [0.05, 0.1) is 5.56 Å². The maximum atomic E-state index is 13.8. The number of aliphatic hydroxyl groups is 1. The van der Waals surface area contributed by atoms with E-state index in [-0.39, 0.29) is 11.1 Å². The fraction of sp³-hybridized carbons (Fsp3) is 0.143. The average Bonchev–Trinajstić information content (AvgIpc) is 2.34. The van der Waals surface area contributed by atoms with Crippen molar-refractivity contribution in [2.45, 2.75) is 13.0 Å². The molecule has 0 amide bonds. The predicted molar refractivity (Wildman–Crippen MR) is 61.6 cm³/mol. The summed E-state index contributed by atoms with van der Waals surface area (Å²) in [6.07, 6.45) is -1.53. The normalized spacial score (nSPS) is 12.5. The summed E-state index contributed by atoms with van der Waals surface area (Å²) in [5.41, 5.74) is -0.124. The van der Waals surface area contributed by atoms with Crippen LogP contribution in [0.3, 0.4) is 0 Å². The Balaban J connectivity index is 2.52. The van der Waals surface area contributed by atoms with Crippen LogP contribution in [-0.4, -0.2) is 5.11 Å². The second-order valence-corrected chi connectivity index (χ2v) is 4.05. The van der Waals surface area contributed by atoms with E-state index < -0.39 is 29.1 Å². The van der Waals surface area contributed by atoms with Gasteiger partial charge in [-0.2, -0.15) is 0 Å². The Hall–Kier alpha value is -1.81. The molecule has 0 aliphatic carbocycles. The van der Waals surface area contributed by atoms with Crippen molar-refractivity contribution in [3.8, 4) is 0 Å². The standard InChI is InChI=1S/C14H11F3O/c1-8-5-6-11(16)12(13(8)17)14(18)9-3-2-4-10(15)7-9/h2-7,14,18H,1H3. The Morgan fingerprint density at radius 1 is 1.06 bits per heavy atom. The first-order chi connectivity index (χ1) is 8.50. The highest BCUT2D eigenvalue weighted by Crippen LogP contribution is 2.28. The Bertz CT molecular complexity index is 581. The van der Waals surface area contributed by atoms with Gasteiger partial charge >= 0.3 is 0 Å². The highest BCUT2D eigenvalue weighted by Gasteiger charge is 2.21. The average molecular weight is 252 g/mol. The van der Waals surface area contributed by atoms with Gasteiger partial charge in [-0.15, -0.1) is 0 Å². The molecule has 2 aromatic rings. The number of hydrogen-bond acceptors (Lipinski definition) is 1. The van der Waals surface area contributed by atoms with Crippen LogP contribution in [0, 0.1) is 24.4 Å². The Morgan fingerprint density at radius 3 is 2.44 bits per heavy atom. The SMILES string of the molecule is Cc1ccc(F)c(C(O)c2cccc(F)c2)c1F. The molecule has 0 spiro atoms. The molecular formula is C14H11F3O. The third kappa shape index (κ3) is 2.24. The van der Waals surface area contributed by atoms with Crippen LogP contribution in [0.25, 0.3) is 0 Å². The summed E-state index contributed by atoms with van der Waals surface area (Å²) in [5, 5.41) is 9.96. The number of aliphatic hydroxyl groups excluding tert-OH is 1. The highest BCUT2D eigenvalue weighted by molar-refractivity contribution is 5.35. The maximum Gasteiger partial charge on any atom is 0.135 e. The van der Waals surface area contributed by atoms with Crippen LogP contribution in [0.1, 0.15) is 22.8 Å².